The zero-order valence-electron chi connectivity index (χ0n) is 15.9. The van der Waals surface area contributed by atoms with Crippen molar-refractivity contribution in [1.29, 1.82) is 0 Å². The molecule has 0 amide bonds. The molecule has 0 saturated carbocycles. The monoisotopic (exact) mass is 458 g/mol. The van der Waals surface area contributed by atoms with Crippen LogP contribution in [0.25, 0.3) is 0 Å². The smallest absolute Gasteiger partial charge is 0.176 e. The molecule has 2 aromatic carbocycles. The molecular formula is C21H29BrF2N2O2. The average molecular weight is 459 g/mol. The lowest BCUT2D eigenvalue weighted by molar-refractivity contribution is 0.0956. The zero-order chi connectivity index (χ0) is 20.8. The van der Waals surface area contributed by atoms with Crippen LogP contribution in [0, 0.1) is 11.6 Å². The Kier molecular flexibility index (Phi) is 16.2. The number of nitrogens with one attached hydrogen (secondary N) is 1. The minimum absolute atomic E-state index is 0. The summed E-state index contributed by atoms with van der Waals surface area (Å²) in [6.07, 6.45) is 0. The first-order valence-electron chi connectivity index (χ1n) is 8.11. The van der Waals surface area contributed by atoms with Gasteiger partial charge in [-0.2, -0.15) is 0 Å². The van der Waals surface area contributed by atoms with Crippen LogP contribution in [0.4, 0.5) is 8.78 Å². The van der Waals surface area contributed by atoms with E-state index in [1.165, 1.54) is 48.5 Å². The highest BCUT2D eigenvalue weighted by Crippen LogP contribution is 2.05. The number of alkyl halides is 1. The summed E-state index contributed by atoms with van der Waals surface area (Å²) in [5, 5.41) is 3.03. The van der Waals surface area contributed by atoms with Crippen molar-refractivity contribution in [2.45, 2.75) is 7.43 Å². The first kappa shape index (κ1) is 28.3. The van der Waals surface area contributed by atoms with E-state index in [2.05, 4.69) is 21.2 Å². The molecule has 2 aromatic rings. The number of nitrogens with zero attached hydrogens (tertiary/aromatic N) is 1. The summed E-state index contributed by atoms with van der Waals surface area (Å²) in [4.78, 5) is 24.1. The van der Waals surface area contributed by atoms with Crippen molar-refractivity contribution in [2.24, 2.45) is 0 Å². The molecule has 0 atom stereocenters. The van der Waals surface area contributed by atoms with Crippen LogP contribution in [0.15, 0.2) is 48.5 Å². The number of likely N-dealkylation sites (N-methyl/N-ethyl adjacent to an activating group) is 1. The Bertz CT molecular complexity index is 691. The second kappa shape index (κ2) is 16.0. The lowest BCUT2D eigenvalue weighted by Crippen LogP contribution is -2.21. The molecule has 0 radical (unpaired) electrons. The van der Waals surface area contributed by atoms with Gasteiger partial charge in [-0.15, -0.1) is 0 Å². The molecule has 2 rings (SSSR count). The van der Waals surface area contributed by atoms with Crippen molar-refractivity contribution in [1.82, 2.24) is 10.2 Å². The lowest BCUT2D eigenvalue weighted by atomic mass is 10.1. The highest BCUT2D eigenvalue weighted by Gasteiger charge is 2.06. The van der Waals surface area contributed by atoms with E-state index in [1.807, 2.05) is 28.2 Å². The van der Waals surface area contributed by atoms with Crippen molar-refractivity contribution in [3.8, 4) is 0 Å². The number of halogens is 3. The van der Waals surface area contributed by atoms with E-state index < -0.39 is 0 Å². The van der Waals surface area contributed by atoms with E-state index in [1.54, 1.807) is 4.90 Å². The second-order valence-corrected chi connectivity index (χ2v) is 6.29. The molecule has 156 valence electrons. The number of rotatable bonds is 5. The molecule has 0 aliphatic rings. The van der Waals surface area contributed by atoms with Crippen molar-refractivity contribution >= 4 is 27.5 Å². The van der Waals surface area contributed by atoms with Crippen molar-refractivity contribution in [3.05, 3.63) is 71.3 Å². The van der Waals surface area contributed by atoms with Crippen LogP contribution in [0.3, 0.4) is 0 Å². The fourth-order valence-corrected chi connectivity index (χ4v) is 2.05. The zero-order valence-corrected chi connectivity index (χ0v) is 17.5. The third kappa shape index (κ3) is 12.4. The van der Waals surface area contributed by atoms with Crippen LogP contribution in [-0.2, 0) is 0 Å². The Morgan fingerprint density at radius 3 is 1.46 bits per heavy atom. The number of hydrogen-bond acceptors (Lipinski definition) is 4. The van der Waals surface area contributed by atoms with Gasteiger partial charge >= 0.3 is 0 Å². The number of carbonyl (C=O) groups excluding carboxylic acids is 2. The maximum absolute atomic E-state index is 12.5. The molecule has 0 saturated heterocycles. The van der Waals surface area contributed by atoms with Gasteiger partial charge in [-0.3, -0.25) is 9.59 Å². The standard InChI is InChI=1S/C10H12FNO.C8H6BrFO.C2H7N.CH4/c1-12(2)7-10(13)8-3-5-9(11)6-4-8;9-5-8(11)6-1-3-7(10)4-2-6;1-3-2;/h3-6H,7H2,1-2H3;1-4H,5H2;3H,1-2H3;1H4. The van der Waals surface area contributed by atoms with Gasteiger partial charge in [-0.25, -0.2) is 8.78 Å². The first-order valence-corrected chi connectivity index (χ1v) is 9.24. The van der Waals surface area contributed by atoms with Gasteiger partial charge in [0.25, 0.3) is 0 Å². The highest BCUT2D eigenvalue weighted by atomic mass is 79.9. The van der Waals surface area contributed by atoms with Crippen molar-refractivity contribution in [3.63, 3.8) is 0 Å². The predicted octanol–water partition coefficient (Wildman–Crippen LogP) is 4.45. The van der Waals surface area contributed by atoms with Gasteiger partial charge in [0, 0.05) is 11.1 Å². The molecule has 0 aliphatic carbocycles. The minimum Gasteiger partial charge on any atom is -0.323 e. The normalized spacial score (nSPS) is 9.29. The van der Waals surface area contributed by atoms with Crippen LogP contribution < -0.4 is 5.32 Å². The maximum atomic E-state index is 12.5. The van der Waals surface area contributed by atoms with E-state index >= 15 is 0 Å². The number of ketones is 2. The van der Waals surface area contributed by atoms with Gasteiger partial charge in [0.05, 0.1) is 11.9 Å². The Morgan fingerprint density at radius 1 is 0.857 bits per heavy atom. The number of Topliss-reactive ketones (excluding diaryl/α,β-unsaturated/α-hetero) is 2. The molecule has 0 fully saturated rings. The largest absolute Gasteiger partial charge is 0.323 e. The molecule has 4 nitrogen and oxygen atoms in total. The molecule has 1 N–H and O–H groups in total. The molecule has 28 heavy (non-hydrogen) atoms. The second-order valence-electron chi connectivity index (χ2n) is 5.73. The molecule has 0 aliphatic heterocycles. The third-order valence-electron chi connectivity index (χ3n) is 2.91. The minimum atomic E-state index is -0.323. The SMILES string of the molecule is C.CN(C)CC(=O)c1ccc(F)cc1.CNC.O=C(CBr)c1ccc(F)cc1. The molecule has 0 spiro atoms. The Balaban J connectivity index is 0. The molecule has 0 unspecified atom stereocenters. The van der Waals surface area contributed by atoms with Gasteiger partial charge < -0.3 is 10.2 Å². The van der Waals surface area contributed by atoms with Gasteiger partial charge in [-0.05, 0) is 76.7 Å². The van der Waals surface area contributed by atoms with Gasteiger partial charge in [0.1, 0.15) is 11.6 Å². The maximum Gasteiger partial charge on any atom is 0.176 e. The van der Waals surface area contributed by atoms with Gasteiger partial charge in [0.2, 0.25) is 0 Å². The van der Waals surface area contributed by atoms with Crippen LogP contribution in [0.2, 0.25) is 0 Å². The fourth-order valence-electron chi connectivity index (χ4n) is 1.73. The molecule has 7 heteroatoms. The summed E-state index contributed by atoms with van der Waals surface area (Å²) in [6, 6.07) is 11.1. The van der Waals surface area contributed by atoms with Crippen molar-refractivity contribution in [2.75, 3.05) is 40.1 Å². The summed E-state index contributed by atoms with van der Waals surface area (Å²) < 4.78 is 24.8. The quantitative estimate of drug-likeness (QED) is 0.531. The number of hydrogen-bond donors (Lipinski definition) is 1. The van der Waals surface area contributed by atoms with Crippen LogP contribution in [0.5, 0.6) is 0 Å². The molecule has 0 bridgehead atoms. The van der Waals surface area contributed by atoms with Crippen molar-refractivity contribution < 1.29 is 18.4 Å². The summed E-state index contributed by atoms with van der Waals surface area (Å²) in [6.45, 7) is 0.353. The van der Waals surface area contributed by atoms with Crippen LogP contribution >= 0.6 is 15.9 Å². The predicted molar refractivity (Wildman–Crippen MR) is 116 cm³/mol. The highest BCUT2D eigenvalue weighted by molar-refractivity contribution is 9.09. The van der Waals surface area contributed by atoms with E-state index in [-0.39, 0.29) is 36.0 Å². The third-order valence-corrected chi connectivity index (χ3v) is 3.42. The van der Waals surface area contributed by atoms with E-state index in [0.717, 1.165) is 0 Å². The average Bonchev–Trinajstić information content (AvgIpc) is 2.63. The molecular weight excluding hydrogens is 430 g/mol. The number of carbonyl (C=O) groups is 2. The summed E-state index contributed by atoms with van der Waals surface area (Å²) in [5.41, 5.74) is 1.08. The van der Waals surface area contributed by atoms with Crippen LogP contribution in [-0.4, -0.2) is 56.5 Å². The molecule has 0 heterocycles. The summed E-state index contributed by atoms with van der Waals surface area (Å²) in [7, 11) is 7.39. The Morgan fingerprint density at radius 2 is 1.18 bits per heavy atom. The van der Waals surface area contributed by atoms with Gasteiger partial charge in [0.15, 0.2) is 11.6 Å². The summed E-state index contributed by atoms with van der Waals surface area (Å²) in [5.74, 6) is -0.674. The summed E-state index contributed by atoms with van der Waals surface area (Å²) >= 11 is 3.03. The van der Waals surface area contributed by atoms with Gasteiger partial charge in [-0.1, -0.05) is 23.4 Å². The first-order chi connectivity index (χ1) is 12.7. The van der Waals surface area contributed by atoms with E-state index in [0.29, 0.717) is 17.7 Å². The van der Waals surface area contributed by atoms with Crippen LogP contribution in [0.1, 0.15) is 28.1 Å². The molecule has 0 aromatic heterocycles. The van der Waals surface area contributed by atoms with E-state index in [9.17, 15) is 18.4 Å². The van der Waals surface area contributed by atoms with E-state index in [4.69, 9.17) is 0 Å². The Hall–Kier alpha value is -1.96. The number of benzene rings is 2. The fraction of sp³-hybridized carbons (Fsp3) is 0.333. The Labute approximate surface area is 175 Å². The lowest BCUT2D eigenvalue weighted by Gasteiger charge is -2.07. The topological polar surface area (TPSA) is 49.4 Å².